The molecule has 5 heteroatoms. The molecule has 2 aromatic rings. The van der Waals surface area contributed by atoms with E-state index in [4.69, 9.17) is 0 Å². The van der Waals surface area contributed by atoms with Crippen LogP contribution < -0.4 is 10.2 Å². The van der Waals surface area contributed by atoms with Crippen LogP contribution in [0.5, 0.6) is 0 Å². The van der Waals surface area contributed by atoms with Crippen molar-refractivity contribution < 1.29 is 4.79 Å². The molecular weight excluding hydrogens is 306 g/mol. The molecule has 1 saturated heterocycles. The molecule has 1 aliphatic heterocycles. The molecule has 0 aliphatic carbocycles. The number of amides is 1. The van der Waals surface area contributed by atoms with Crippen LogP contribution in [0.25, 0.3) is 0 Å². The molecule has 4 nitrogen and oxygen atoms in total. The Kier molecular flexibility index (Phi) is 5.31. The first-order valence-electron chi connectivity index (χ1n) is 8.07. The maximum Gasteiger partial charge on any atom is 0.234 e. The van der Waals surface area contributed by atoms with E-state index >= 15 is 0 Å². The number of para-hydroxylation sites is 1. The predicted octanol–water partition coefficient (Wildman–Crippen LogP) is 2.75. The number of rotatable bonds is 5. The Balaban J connectivity index is 1.44. The highest BCUT2D eigenvalue weighted by atomic mass is 32.1. The minimum absolute atomic E-state index is 0.0908. The summed E-state index contributed by atoms with van der Waals surface area (Å²) in [5.74, 6) is 0.110. The van der Waals surface area contributed by atoms with Gasteiger partial charge < -0.3 is 10.2 Å². The van der Waals surface area contributed by atoms with Gasteiger partial charge in [0.15, 0.2) is 0 Å². The maximum absolute atomic E-state index is 12.2. The molecular formula is C18H23N3OS. The number of piperazine rings is 1. The Bertz CT molecular complexity index is 606. The lowest BCUT2D eigenvalue weighted by Crippen LogP contribution is -2.49. The van der Waals surface area contributed by atoms with Crippen molar-refractivity contribution in [3.8, 4) is 0 Å². The lowest BCUT2D eigenvalue weighted by Gasteiger charge is -2.35. The predicted molar refractivity (Wildman–Crippen MR) is 96.0 cm³/mol. The molecule has 1 amide bonds. The van der Waals surface area contributed by atoms with Gasteiger partial charge in [-0.05, 0) is 30.5 Å². The highest BCUT2D eigenvalue weighted by molar-refractivity contribution is 7.10. The number of benzene rings is 1. The van der Waals surface area contributed by atoms with Crippen molar-refractivity contribution in [1.82, 2.24) is 10.2 Å². The molecule has 1 fully saturated rings. The molecule has 0 bridgehead atoms. The van der Waals surface area contributed by atoms with Crippen LogP contribution in [0.1, 0.15) is 17.8 Å². The van der Waals surface area contributed by atoms with E-state index in [1.165, 1.54) is 10.6 Å². The van der Waals surface area contributed by atoms with Crippen LogP contribution >= 0.6 is 11.3 Å². The molecule has 1 N–H and O–H groups in total. The second kappa shape index (κ2) is 7.62. The Morgan fingerprint density at radius 1 is 1.13 bits per heavy atom. The zero-order valence-electron chi connectivity index (χ0n) is 13.4. The van der Waals surface area contributed by atoms with Crippen molar-refractivity contribution in [3.63, 3.8) is 0 Å². The van der Waals surface area contributed by atoms with E-state index in [-0.39, 0.29) is 11.9 Å². The van der Waals surface area contributed by atoms with Crippen molar-refractivity contribution >= 4 is 22.9 Å². The summed E-state index contributed by atoms with van der Waals surface area (Å²) < 4.78 is 0. The number of carbonyl (C=O) groups is 1. The average Bonchev–Trinajstić information content (AvgIpc) is 3.11. The first kappa shape index (κ1) is 16.0. The Morgan fingerprint density at radius 2 is 1.87 bits per heavy atom. The molecule has 0 radical (unpaired) electrons. The Labute approximate surface area is 141 Å². The first-order valence-corrected chi connectivity index (χ1v) is 8.95. The number of hydrogen-bond acceptors (Lipinski definition) is 4. The molecule has 23 heavy (non-hydrogen) atoms. The minimum atomic E-state index is 0.0908. The number of nitrogens with zero attached hydrogens (tertiary/aromatic N) is 2. The molecule has 1 aromatic carbocycles. The van der Waals surface area contributed by atoms with E-state index in [9.17, 15) is 4.79 Å². The Hall–Kier alpha value is -1.85. The molecule has 1 aromatic heterocycles. The lowest BCUT2D eigenvalue weighted by molar-refractivity contribution is -0.122. The molecule has 1 aliphatic rings. The summed E-state index contributed by atoms with van der Waals surface area (Å²) in [6.07, 6.45) is 0. The van der Waals surface area contributed by atoms with Gasteiger partial charge in [0.1, 0.15) is 0 Å². The number of anilines is 1. The highest BCUT2D eigenvalue weighted by Crippen LogP contribution is 2.18. The van der Waals surface area contributed by atoms with E-state index in [1.54, 1.807) is 11.3 Å². The fraction of sp³-hybridized carbons (Fsp3) is 0.389. The maximum atomic E-state index is 12.2. The zero-order valence-corrected chi connectivity index (χ0v) is 14.3. The summed E-state index contributed by atoms with van der Waals surface area (Å²) in [6.45, 7) is 6.32. The van der Waals surface area contributed by atoms with Gasteiger partial charge in [0, 0.05) is 36.7 Å². The van der Waals surface area contributed by atoms with Gasteiger partial charge in [-0.25, -0.2) is 0 Å². The second-order valence-corrected chi connectivity index (χ2v) is 6.88. The summed E-state index contributed by atoms with van der Waals surface area (Å²) in [6, 6.07) is 14.6. The van der Waals surface area contributed by atoms with Crippen molar-refractivity contribution in [2.45, 2.75) is 13.0 Å². The zero-order chi connectivity index (χ0) is 16.1. The number of hydrogen-bond donors (Lipinski definition) is 1. The minimum Gasteiger partial charge on any atom is -0.369 e. The van der Waals surface area contributed by atoms with Gasteiger partial charge in [0.05, 0.1) is 12.6 Å². The number of carbonyl (C=O) groups excluding carboxylic acids is 1. The Morgan fingerprint density at radius 3 is 2.52 bits per heavy atom. The SMILES string of the molecule is CC(NC(=O)CN1CCN(c2ccccc2)CC1)c1cccs1. The third kappa shape index (κ3) is 4.33. The fourth-order valence-corrected chi connectivity index (χ4v) is 3.64. The quantitative estimate of drug-likeness (QED) is 0.916. The first-order chi connectivity index (χ1) is 11.2. The van der Waals surface area contributed by atoms with Crippen molar-refractivity contribution in [1.29, 1.82) is 0 Å². The topological polar surface area (TPSA) is 35.6 Å². The summed E-state index contributed by atoms with van der Waals surface area (Å²) >= 11 is 1.68. The number of thiophene rings is 1. The molecule has 3 rings (SSSR count). The van der Waals surface area contributed by atoms with E-state index < -0.39 is 0 Å². The third-order valence-corrected chi connectivity index (χ3v) is 5.26. The second-order valence-electron chi connectivity index (χ2n) is 5.90. The van der Waals surface area contributed by atoms with Crippen molar-refractivity contribution in [3.05, 3.63) is 52.7 Å². The number of nitrogens with one attached hydrogen (secondary N) is 1. The summed E-state index contributed by atoms with van der Waals surface area (Å²) in [5, 5.41) is 5.13. The van der Waals surface area contributed by atoms with Gasteiger partial charge in [-0.15, -0.1) is 11.3 Å². The van der Waals surface area contributed by atoms with E-state index in [2.05, 4.69) is 45.4 Å². The smallest absolute Gasteiger partial charge is 0.234 e. The molecule has 122 valence electrons. The molecule has 0 saturated carbocycles. The largest absolute Gasteiger partial charge is 0.369 e. The van der Waals surface area contributed by atoms with Crippen LogP contribution in [-0.4, -0.2) is 43.5 Å². The molecule has 1 atom stereocenters. The average molecular weight is 329 g/mol. The van der Waals surface area contributed by atoms with E-state index in [0.717, 1.165) is 26.2 Å². The van der Waals surface area contributed by atoms with Crippen LogP contribution in [0.4, 0.5) is 5.69 Å². The molecule has 0 spiro atoms. The third-order valence-electron chi connectivity index (χ3n) is 4.21. The molecule has 2 heterocycles. The van der Waals surface area contributed by atoms with E-state index in [0.29, 0.717) is 6.54 Å². The van der Waals surface area contributed by atoms with Gasteiger partial charge in [0.2, 0.25) is 5.91 Å². The summed E-state index contributed by atoms with van der Waals surface area (Å²) in [4.78, 5) is 18.0. The summed E-state index contributed by atoms with van der Waals surface area (Å²) in [5.41, 5.74) is 1.27. The van der Waals surface area contributed by atoms with Crippen LogP contribution in [0, 0.1) is 0 Å². The van der Waals surface area contributed by atoms with Gasteiger partial charge in [-0.3, -0.25) is 9.69 Å². The standard InChI is InChI=1S/C18H23N3OS/c1-15(17-8-5-13-23-17)19-18(22)14-20-9-11-21(12-10-20)16-6-3-2-4-7-16/h2-8,13,15H,9-12,14H2,1H3,(H,19,22). The van der Waals surface area contributed by atoms with Crippen LogP contribution in [-0.2, 0) is 4.79 Å². The van der Waals surface area contributed by atoms with Crippen molar-refractivity contribution in [2.75, 3.05) is 37.6 Å². The van der Waals surface area contributed by atoms with Crippen LogP contribution in [0.3, 0.4) is 0 Å². The van der Waals surface area contributed by atoms with Gasteiger partial charge in [-0.1, -0.05) is 24.3 Å². The van der Waals surface area contributed by atoms with Crippen molar-refractivity contribution in [2.24, 2.45) is 0 Å². The summed E-state index contributed by atoms with van der Waals surface area (Å²) in [7, 11) is 0. The highest BCUT2D eigenvalue weighted by Gasteiger charge is 2.20. The molecule has 1 unspecified atom stereocenters. The van der Waals surface area contributed by atoms with Gasteiger partial charge >= 0.3 is 0 Å². The normalized spacial score (nSPS) is 17.0. The lowest BCUT2D eigenvalue weighted by atomic mass is 10.2. The van der Waals surface area contributed by atoms with E-state index in [1.807, 2.05) is 24.4 Å². The van der Waals surface area contributed by atoms with Gasteiger partial charge in [-0.2, -0.15) is 0 Å². The fourth-order valence-electron chi connectivity index (χ4n) is 2.90. The van der Waals surface area contributed by atoms with Crippen LogP contribution in [0.2, 0.25) is 0 Å². The van der Waals surface area contributed by atoms with Crippen LogP contribution in [0.15, 0.2) is 47.8 Å². The monoisotopic (exact) mass is 329 g/mol. The van der Waals surface area contributed by atoms with Gasteiger partial charge in [0.25, 0.3) is 0 Å².